The third-order valence-corrected chi connectivity index (χ3v) is 6.30. The smallest absolute Gasteiger partial charge is 0.480 e. The molecule has 1 saturated heterocycles. The zero-order valence-electron chi connectivity index (χ0n) is 19.6. The van der Waals surface area contributed by atoms with Crippen LogP contribution in [0.1, 0.15) is 32.7 Å². The summed E-state index contributed by atoms with van der Waals surface area (Å²) in [6.45, 7) is -0.993. The van der Waals surface area contributed by atoms with E-state index in [-0.39, 0.29) is 25.1 Å². The van der Waals surface area contributed by atoms with Crippen molar-refractivity contribution >= 4 is 48.9 Å². The van der Waals surface area contributed by atoms with Crippen molar-refractivity contribution in [1.29, 1.82) is 0 Å². The van der Waals surface area contributed by atoms with Gasteiger partial charge in [0.05, 0.1) is 6.61 Å². The van der Waals surface area contributed by atoms with Gasteiger partial charge in [-0.15, -0.1) is 0 Å². The largest absolute Gasteiger partial charge is 0.491 e. The van der Waals surface area contributed by atoms with E-state index in [4.69, 9.17) is 9.76 Å². The predicted octanol–water partition coefficient (Wildman–Crippen LogP) is -2.92. The SMILES string of the molecule is O=C(O)CNC(=O)[C@@H]1C[C@H](NC(=O)c2ccc3c(c2)B(O)OC3)CN1C(=O)c1c(F)ccc(B(O)O)c1F. The molecule has 198 valence electrons. The van der Waals surface area contributed by atoms with Crippen LogP contribution in [0.25, 0.3) is 0 Å². The second kappa shape index (κ2) is 10.9. The van der Waals surface area contributed by atoms with Gasteiger partial charge in [-0.05, 0) is 35.6 Å². The van der Waals surface area contributed by atoms with Crippen molar-refractivity contribution in [3.63, 3.8) is 0 Å². The predicted molar refractivity (Wildman–Crippen MR) is 126 cm³/mol. The molecule has 2 atom stereocenters. The molecular formula is C22H21B2F2N3O9. The minimum atomic E-state index is -2.35. The monoisotopic (exact) mass is 531 g/mol. The van der Waals surface area contributed by atoms with E-state index in [2.05, 4.69) is 10.6 Å². The van der Waals surface area contributed by atoms with Crippen LogP contribution in [-0.4, -0.2) is 88.2 Å². The van der Waals surface area contributed by atoms with Crippen molar-refractivity contribution in [3.8, 4) is 0 Å². The van der Waals surface area contributed by atoms with Crippen molar-refractivity contribution in [2.24, 2.45) is 0 Å². The Labute approximate surface area is 214 Å². The molecule has 0 aliphatic carbocycles. The highest BCUT2D eigenvalue weighted by Gasteiger charge is 2.42. The highest BCUT2D eigenvalue weighted by Crippen LogP contribution is 2.24. The van der Waals surface area contributed by atoms with Crippen LogP contribution in [-0.2, 0) is 20.9 Å². The number of nitrogens with zero attached hydrogens (tertiary/aromatic N) is 1. The van der Waals surface area contributed by atoms with Crippen LogP contribution in [0.15, 0.2) is 30.3 Å². The lowest BCUT2D eigenvalue weighted by Crippen LogP contribution is -2.48. The van der Waals surface area contributed by atoms with Crippen molar-refractivity contribution in [2.45, 2.75) is 25.1 Å². The molecule has 0 bridgehead atoms. The highest BCUT2D eigenvalue weighted by molar-refractivity contribution is 6.61. The van der Waals surface area contributed by atoms with Crippen LogP contribution in [0.2, 0.25) is 0 Å². The molecule has 3 amide bonds. The van der Waals surface area contributed by atoms with E-state index < -0.39 is 79.2 Å². The Morgan fingerprint density at radius 3 is 2.58 bits per heavy atom. The van der Waals surface area contributed by atoms with Crippen LogP contribution in [0, 0.1) is 11.6 Å². The summed E-state index contributed by atoms with van der Waals surface area (Å²) in [5, 5.41) is 42.1. The molecule has 2 aliphatic heterocycles. The van der Waals surface area contributed by atoms with E-state index in [0.717, 1.165) is 11.0 Å². The molecule has 0 spiro atoms. The Morgan fingerprint density at radius 2 is 1.89 bits per heavy atom. The van der Waals surface area contributed by atoms with Crippen molar-refractivity contribution in [3.05, 3.63) is 58.7 Å². The van der Waals surface area contributed by atoms with E-state index in [1.807, 2.05) is 0 Å². The second-order valence-electron chi connectivity index (χ2n) is 8.77. The maximum Gasteiger partial charge on any atom is 0.491 e. The number of aliphatic carboxylic acids is 1. The number of rotatable bonds is 7. The quantitative estimate of drug-likeness (QED) is 0.204. The first kappa shape index (κ1) is 27.2. The van der Waals surface area contributed by atoms with E-state index in [1.165, 1.54) is 12.1 Å². The molecular weight excluding hydrogens is 510 g/mol. The second-order valence-corrected chi connectivity index (χ2v) is 8.77. The molecule has 0 radical (unpaired) electrons. The van der Waals surface area contributed by atoms with E-state index in [0.29, 0.717) is 17.1 Å². The fraction of sp³-hybridized carbons (Fsp3) is 0.273. The molecule has 1 fully saturated rings. The number of likely N-dealkylation sites (tertiary alicyclic amines) is 1. The van der Waals surface area contributed by atoms with Gasteiger partial charge in [0, 0.05) is 23.6 Å². The number of hydrogen-bond acceptors (Lipinski definition) is 8. The summed E-state index contributed by atoms with van der Waals surface area (Å²) in [5.74, 6) is -7.11. The number of benzene rings is 2. The Morgan fingerprint density at radius 1 is 1.16 bits per heavy atom. The van der Waals surface area contributed by atoms with Gasteiger partial charge in [-0.25, -0.2) is 8.78 Å². The first-order valence-corrected chi connectivity index (χ1v) is 11.4. The van der Waals surface area contributed by atoms with Crippen LogP contribution in [0.5, 0.6) is 0 Å². The van der Waals surface area contributed by atoms with E-state index in [1.54, 1.807) is 6.07 Å². The first-order valence-electron chi connectivity index (χ1n) is 11.4. The number of hydrogen-bond donors (Lipinski definition) is 6. The minimum Gasteiger partial charge on any atom is -0.480 e. The van der Waals surface area contributed by atoms with Crippen LogP contribution >= 0.6 is 0 Å². The van der Waals surface area contributed by atoms with E-state index >= 15 is 0 Å². The molecule has 12 nitrogen and oxygen atoms in total. The number of carboxylic acids is 1. The van der Waals surface area contributed by atoms with Crippen LogP contribution in [0.4, 0.5) is 8.78 Å². The Kier molecular flexibility index (Phi) is 7.78. The molecule has 4 rings (SSSR count). The van der Waals surface area contributed by atoms with Gasteiger partial charge in [-0.1, -0.05) is 12.1 Å². The van der Waals surface area contributed by atoms with Gasteiger partial charge in [-0.3, -0.25) is 19.2 Å². The minimum absolute atomic E-state index is 0.145. The Bertz CT molecular complexity index is 1310. The number of amides is 3. The number of carboxylic acid groups (broad SMARTS) is 1. The van der Waals surface area contributed by atoms with Crippen LogP contribution < -0.4 is 21.6 Å². The van der Waals surface area contributed by atoms with Gasteiger partial charge in [0.25, 0.3) is 11.8 Å². The van der Waals surface area contributed by atoms with Gasteiger partial charge in [0.1, 0.15) is 29.8 Å². The first-order chi connectivity index (χ1) is 18.0. The summed E-state index contributed by atoms with van der Waals surface area (Å²) < 4.78 is 34.5. The van der Waals surface area contributed by atoms with Crippen molar-refractivity contribution in [2.75, 3.05) is 13.1 Å². The normalized spacial score (nSPS) is 18.2. The molecule has 38 heavy (non-hydrogen) atoms. The number of carbonyl (C=O) groups excluding carboxylic acids is 3. The van der Waals surface area contributed by atoms with Gasteiger partial charge in [0.2, 0.25) is 5.91 Å². The summed E-state index contributed by atoms with van der Waals surface area (Å²) in [6, 6.07) is 3.61. The Hall–Kier alpha value is -3.85. The lowest BCUT2D eigenvalue weighted by Gasteiger charge is -2.24. The number of halogens is 2. The van der Waals surface area contributed by atoms with Crippen molar-refractivity contribution < 1.29 is 52.8 Å². The average molecular weight is 531 g/mol. The van der Waals surface area contributed by atoms with Gasteiger partial charge < -0.3 is 40.4 Å². The topological polar surface area (TPSA) is 186 Å². The number of nitrogens with one attached hydrogen (secondary N) is 2. The van der Waals surface area contributed by atoms with Crippen LogP contribution in [0.3, 0.4) is 0 Å². The molecule has 0 aromatic heterocycles. The molecule has 2 heterocycles. The lowest BCUT2D eigenvalue weighted by atomic mass is 9.78. The van der Waals surface area contributed by atoms with Gasteiger partial charge in [-0.2, -0.15) is 0 Å². The summed E-state index contributed by atoms with van der Waals surface area (Å²) in [5.41, 5.74) is -0.670. The molecule has 0 unspecified atom stereocenters. The zero-order valence-corrected chi connectivity index (χ0v) is 19.6. The summed E-state index contributed by atoms with van der Waals surface area (Å²) in [7, 11) is -3.55. The number of carbonyl (C=O) groups is 4. The molecule has 6 N–H and O–H groups in total. The molecule has 2 aromatic carbocycles. The molecule has 2 aliphatic rings. The fourth-order valence-corrected chi connectivity index (χ4v) is 4.43. The zero-order chi connectivity index (χ0) is 27.7. The van der Waals surface area contributed by atoms with Gasteiger partial charge >= 0.3 is 20.2 Å². The number of fused-ring (bicyclic) bond motifs is 1. The summed E-state index contributed by atoms with van der Waals surface area (Å²) >= 11 is 0. The molecule has 0 saturated carbocycles. The maximum atomic E-state index is 14.9. The van der Waals surface area contributed by atoms with Crippen molar-refractivity contribution in [1.82, 2.24) is 15.5 Å². The molecule has 2 aromatic rings. The fourth-order valence-electron chi connectivity index (χ4n) is 4.43. The third-order valence-electron chi connectivity index (χ3n) is 6.30. The van der Waals surface area contributed by atoms with Gasteiger partial charge in [0.15, 0.2) is 0 Å². The average Bonchev–Trinajstić information content (AvgIpc) is 3.45. The Balaban J connectivity index is 1.59. The lowest BCUT2D eigenvalue weighted by molar-refractivity contribution is -0.138. The highest BCUT2D eigenvalue weighted by atomic mass is 19.1. The molecule has 16 heteroatoms. The maximum absolute atomic E-state index is 14.9. The summed E-state index contributed by atoms with van der Waals surface area (Å²) in [4.78, 5) is 50.5. The standard InChI is InChI=1S/C22H21B2F2N3O9/c25-15-4-3-13(23(35)36)19(26)18(15)22(34)29-8-12(6-16(29)21(33)27-7-17(30)31)28-20(32)10-1-2-11-9-38-24(37)14(11)5-10/h1-5,12,16,35-37H,6-9H2,(H,27,33)(H,28,32)(H,30,31)/t12-,16-/m0/s1. The van der Waals surface area contributed by atoms with E-state index in [9.17, 15) is 43.0 Å². The third kappa shape index (κ3) is 5.38. The summed E-state index contributed by atoms with van der Waals surface area (Å²) in [6.07, 6.45) is -0.217.